The minimum absolute atomic E-state index is 0.341. The second kappa shape index (κ2) is 4.22. The highest BCUT2D eigenvalue weighted by Gasteiger charge is 2.17. The van der Waals surface area contributed by atoms with Gasteiger partial charge in [-0.05, 0) is 12.0 Å². The number of aromatic nitrogens is 1. The van der Waals surface area contributed by atoms with Gasteiger partial charge in [-0.1, -0.05) is 29.4 Å². The highest BCUT2D eigenvalue weighted by Crippen LogP contribution is 2.27. The Morgan fingerprint density at radius 2 is 2.06 bits per heavy atom. The molecule has 1 fully saturated rings. The van der Waals surface area contributed by atoms with Gasteiger partial charge in [0, 0.05) is 24.2 Å². The molecule has 0 saturated carbocycles. The van der Waals surface area contributed by atoms with Gasteiger partial charge < -0.3 is 15.0 Å². The van der Waals surface area contributed by atoms with Crippen molar-refractivity contribution in [3.8, 4) is 11.3 Å². The zero-order chi connectivity index (χ0) is 11.7. The summed E-state index contributed by atoms with van der Waals surface area (Å²) in [5.41, 5.74) is 8.62. The number of ether oxygens (including phenoxy) is 1. The van der Waals surface area contributed by atoms with Gasteiger partial charge >= 0.3 is 0 Å². The number of nitrogen functional groups attached to an aromatic ring is 1. The molecular formula is C13H14N2O2. The third-order valence-electron chi connectivity index (χ3n) is 3.14. The summed E-state index contributed by atoms with van der Waals surface area (Å²) in [6.45, 7) is 1.70. The lowest BCUT2D eigenvalue weighted by molar-refractivity contribution is 0.194. The van der Waals surface area contributed by atoms with Crippen LogP contribution in [0.25, 0.3) is 11.3 Å². The van der Waals surface area contributed by atoms with E-state index in [9.17, 15) is 0 Å². The van der Waals surface area contributed by atoms with Gasteiger partial charge in [0.1, 0.15) is 5.69 Å². The van der Waals surface area contributed by atoms with Gasteiger partial charge in [0.05, 0.1) is 6.61 Å². The second-order valence-electron chi connectivity index (χ2n) is 4.30. The van der Waals surface area contributed by atoms with Gasteiger partial charge in [-0.15, -0.1) is 0 Å². The van der Waals surface area contributed by atoms with Crippen molar-refractivity contribution in [3.05, 3.63) is 35.9 Å². The summed E-state index contributed by atoms with van der Waals surface area (Å²) in [7, 11) is 0. The molecule has 2 heterocycles. The Bertz CT molecular complexity index is 498. The monoisotopic (exact) mass is 230 g/mol. The van der Waals surface area contributed by atoms with Crippen molar-refractivity contribution < 1.29 is 9.26 Å². The van der Waals surface area contributed by atoms with Gasteiger partial charge in [-0.3, -0.25) is 0 Å². The zero-order valence-corrected chi connectivity index (χ0v) is 9.43. The van der Waals surface area contributed by atoms with Crippen LogP contribution in [0.1, 0.15) is 17.9 Å². The number of anilines is 1. The van der Waals surface area contributed by atoms with E-state index in [1.807, 2.05) is 12.1 Å². The van der Waals surface area contributed by atoms with E-state index in [-0.39, 0.29) is 0 Å². The summed E-state index contributed by atoms with van der Waals surface area (Å²) in [6.07, 6.45) is 1.11. The molecule has 2 N–H and O–H groups in total. The first kappa shape index (κ1) is 10.4. The molecule has 0 radical (unpaired) electrons. The number of hydrogen-bond donors (Lipinski definition) is 1. The van der Waals surface area contributed by atoms with Gasteiger partial charge in [0.15, 0.2) is 0 Å². The van der Waals surface area contributed by atoms with Crippen molar-refractivity contribution in [2.75, 3.05) is 18.9 Å². The van der Waals surface area contributed by atoms with Gasteiger partial charge in [0.25, 0.3) is 0 Å². The lowest BCUT2D eigenvalue weighted by Crippen LogP contribution is -1.96. The van der Waals surface area contributed by atoms with Crippen molar-refractivity contribution in [1.82, 2.24) is 5.16 Å². The van der Waals surface area contributed by atoms with Crippen LogP contribution in [0.4, 0.5) is 5.88 Å². The minimum Gasteiger partial charge on any atom is -0.381 e. The molecule has 1 aliphatic heterocycles. The van der Waals surface area contributed by atoms with Crippen LogP contribution in [0.5, 0.6) is 0 Å². The SMILES string of the molecule is Nc1cc(-c2ccc(C3CCOC3)cc2)no1. The van der Waals surface area contributed by atoms with Crippen LogP contribution in [0.2, 0.25) is 0 Å². The first-order valence-corrected chi connectivity index (χ1v) is 5.73. The van der Waals surface area contributed by atoms with Crippen LogP contribution in [-0.4, -0.2) is 18.4 Å². The fourth-order valence-electron chi connectivity index (χ4n) is 2.15. The zero-order valence-electron chi connectivity index (χ0n) is 9.43. The minimum atomic E-state index is 0.341. The Kier molecular flexibility index (Phi) is 2.57. The molecule has 0 amide bonds. The average molecular weight is 230 g/mol. The molecule has 2 aromatic rings. The summed E-state index contributed by atoms with van der Waals surface area (Å²) >= 11 is 0. The van der Waals surface area contributed by atoms with E-state index in [2.05, 4.69) is 17.3 Å². The molecule has 1 aliphatic rings. The van der Waals surface area contributed by atoms with Crippen LogP contribution in [0, 0.1) is 0 Å². The lowest BCUT2D eigenvalue weighted by Gasteiger charge is -2.07. The fraction of sp³-hybridized carbons (Fsp3) is 0.308. The molecule has 0 aliphatic carbocycles. The summed E-state index contributed by atoms with van der Waals surface area (Å²) < 4.78 is 10.2. The maximum Gasteiger partial charge on any atom is 0.222 e. The molecule has 0 spiro atoms. The van der Waals surface area contributed by atoms with E-state index in [0.717, 1.165) is 30.9 Å². The molecule has 1 atom stereocenters. The lowest BCUT2D eigenvalue weighted by atomic mass is 9.97. The molecule has 1 aromatic carbocycles. The smallest absolute Gasteiger partial charge is 0.222 e. The summed E-state index contributed by atoms with van der Waals surface area (Å²) in [4.78, 5) is 0. The topological polar surface area (TPSA) is 61.3 Å². The molecule has 4 nitrogen and oxygen atoms in total. The fourth-order valence-corrected chi connectivity index (χ4v) is 2.15. The molecular weight excluding hydrogens is 216 g/mol. The van der Waals surface area contributed by atoms with Gasteiger partial charge in [0.2, 0.25) is 5.88 Å². The summed E-state index contributed by atoms with van der Waals surface area (Å²) in [5, 5.41) is 3.89. The van der Waals surface area contributed by atoms with Crippen LogP contribution >= 0.6 is 0 Å². The van der Waals surface area contributed by atoms with Gasteiger partial charge in [-0.25, -0.2) is 0 Å². The van der Waals surface area contributed by atoms with E-state index in [4.69, 9.17) is 15.0 Å². The maximum absolute atomic E-state index is 5.50. The van der Waals surface area contributed by atoms with Crippen LogP contribution in [0.3, 0.4) is 0 Å². The van der Waals surface area contributed by atoms with E-state index in [0.29, 0.717) is 11.8 Å². The predicted octanol–water partition coefficient (Wildman–Crippen LogP) is 2.43. The molecule has 3 rings (SSSR count). The molecule has 17 heavy (non-hydrogen) atoms. The largest absolute Gasteiger partial charge is 0.381 e. The van der Waals surface area contributed by atoms with Crippen LogP contribution < -0.4 is 5.73 Å². The van der Waals surface area contributed by atoms with Crippen molar-refractivity contribution in [3.63, 3.8) is 0 Å². The van der Waals surface area contributed by atoms with E-state index >= 15 is 0 Å². The Hall–Kier alpha value is -1.81. The summed E-state index contributed by atoms with van der Waals surface area (Å²) in [5.74, 6) is 0.875. The highest BCUT2D eigenvalue weighted by molar-refractivity contribution is 5.61. The van der Waals surface area contributed by atoms with E-state index in [1.165, 1.54) is 5.56 Å². The third kappa shape index (κ3) is 2.03. The molecule has 1 unspecified atom stereocenters. The molecule has 4 heteroatoms. The normalized spacial score (nSPS) is 19.6. The van der Waals surface area contributed by atoms with Crippen molar-refractivity contribution in [1.29, 1.82) is 0 Å². The molecule has 1 aromatic heterocycles. The maximum atomic E-state index is 5.50. The first-order chi connectivity index (χ1) is 8.33. The Morgan fingerprint density at radius 3 is 2.65 bits per heavy atom. The third-order valence-corrected chi connectivity index (χ3v) is 3.14. The first-order valence-electron chi connectivity index (χ1n) is 5.73. The van der Waals surface area contributed by atoms with Crippen molar-refractivity contribution >= 4 is 5.88 Å². The standard InChI is InChI=1S/C13H14N2O2/c14-13-7-12(15-17-13)10-3-1-9(2-4-10)11-5-6-16-8-11/h1-4,7,11H,5-6,8,14H2. The second-order valence-corrected chi connectivity index (χ2v) is 4.30. The number of hydrogen-bond acceptors (Lipinski definition) is 4. The van der Waals surface area contributed by atoms with Crippen molar-refractivity contribution in [2.24, 2.45) is 0 Å². The molecule has 1 saturated heterocycles. The molecule has 88 valence electrons. The quantitative estimate of drug-likeness (QED) is 0.860. The number of nitrogens with zero attached hydrogens (tertiary/aromatic N) is 1. The van der Waals surface area contributed by atoms with Crippen molar-refractivity contribution in [2.45, 2.75) is 12.3 Å². The van der Waals surface area contributed by atoms with E-state index in [1.54, 1.807) is 6.07 Å². The van der Waals surface area contributed by atoms with Crippen LogP contribution in [-0.2, 0) is 4.74 Å². The number of rotatable bonds is 2. The Balaban J connectivity index is 1.84. The predicted molar refractivity (Wildman–Crippen MR) is 64.5 cm³/mol. The highest BCUT2D eigenvalue weighted by atomic mass is 16.5. The number of nitrogens with two attached hydrogens (primary N) is 1. The average Bonchev–Trinajstić information content (AvgIpc) is 3.00. The Labute approximate surface area is 99.4 Å². The summed E-state index contributed by atoms with van der Waals surface area (Å²) in [6, 6.07) is 10.1. The van der Waals surface area contributed by atoms with E-state index < -0.39 is 0 Å². The number of benzene rings is 1. The van der Waals surface area contributed by atoms with Crippen LogP contribution in [0.15, 0.2) is 34.9 Å². The Morgan fingerprint density at radius 1 is 1.24 bits per heavy atom. The van der Waals surface area contributed by atoms with Gasteiger partial charge in [-0.2, -0.15) is 0 Å². The molecule has 0 bridgehead atoms.